The third-order valence-corrected chi connectivity index (χ3v) is 6.77. The smallest absolute Gasteiger partial charge is 0.271 e. The molecule has 3 rings (SSSR count). The normalized spacial score (nSPS) is 15.8. The van der Waals surface area contributed by atoms with Crippen molar-refractivity contribution in [3.63, 3.8) is 0 Å². The van der Waals surface area contributed by atoms with Gasteiger partial charge in [-0.25, -0.2) is 13.8 Å². The maximum Gasteiger partial charge on any atom is 0.271 e. The van der Waals surface area contributed by atoms with Crippen LogP contribution in [0, 0.1) is 0 Å². The largest absolute Gasteiger partial charge is 0.508 e. The highest BCUT2D eigenvalue weighted by atomic mass is 32.2. The molecule has 29 heavy (non-hydrogen) atoms. The summed E-state index contributed by atoms with van der Waals surface area (Å²) in [7, 11) is -3.61. The number of nitrogens with zero attached hydrogens (tertiary/aromatic N) is 2. The number of aromatic hydroxyl groups is 1. The number of piperidine rings is 1. The SMILES string of the molecule is CC/C(=N\NC(=O)c1cccc(S(=O)(=O)N2CCCCC2)c1)c1ccc(O)cc1. The van der Waals surface area contributed by atoms with Crippen molar-refractivity contribution < 1.29 is 18.3 Å². The summed E-state index contributed by atoms with van der Waals surface area (Å²) in [6, 6.07) is 12.6. The highest BCUT2D eigenvalue weighted by Crippen LogP contribution is 2.21. The van der Waals surface area contributed by atoms with Gasteiger partial charge in [0.05, 0.1) is 10.6 Å². The van der Waals surface area contributed by atoms with E-state index in [4.69, 9.17) is 0 Å². The average Bonchev–Trinajstić information content (AvgIpc) is 2.76. The second-order valence-corrected chi connectivity index (χ2v) is 8.83. The molecule has 7 nitrogen and oxygen atoms in total. The van der Waals surface area contributed by atoms with Gasteiger partial charge in [-0.3, -0.25) is 4.79 Å². The molecular weight excluding hydrogens is 390 g/mol. The van der Waals surface area contributed by atoms with Crippen LogP contribution in [0.15, 0.2) is 58.5 Å². The number of benzene rings is 2. The van der Waals surface area contributed by atoms with Crippen molar-refractivity contribution in [2.75, 3.05) is 13.1 Å². The van der Waals surface area contributed by atoms with Gasteiger partial charge in [-0.05, 0) is 67.3 Å². The van der Waals surface area contributed by atoms with Crippen LogP contribution in [0.1, 0.15) is 48.5 Å². The van der Waals surface area contributed by atoms with Crippen molar-refractivity contribution >= 4 is 21.6 Å². The van der Waals surface area contributed by atoms with Crippen LogP contribution in [0.25, 0.3) is 0 Å². The van der Waals surface area contributed by atoms with E-state index in [0.717, 1.165) is 24.8 Å². The van der Waals surface area contributed by atoms with Crippen molar-refractivity contribution in [2.45, 2.75) is 37.5 Å². The first kappa shape index (κ1) is 21.0. The van der Waals surface area contributed by atoms with Crippen LogP contribution in [-0.4, -0.2) is 42.5 Å². The molecule has 0 unspecified atom stereocenters. The van der Waals surface area contributed by atoms with Crippen molar-refractivity contribution in [3.8, 4) is 5.75 Å². The summed E-state index contributed by atoms with van der Waals surface area (Å²) >= 11 is 0. The van der Waals surface area contributed by atoms with E-state index in [2.05, 4.69) is 10.5 Å². The lowest BCUT2D eigenvalue weighted by atomic mass is 10.1. The lowest BCUT2D eigenvalue weighted by molar-refractivity contribution is 0.0954. The quantitative estimate of drug-likeness (QED) is 0.559. The van der Waals surface area contributed by atoms with E-state index in [9.17, 15) is 18.3 Å². The maximum atomic E-state index is 12.8. The number of phenols is 1. The van der Waals surface area contributed by atoms with Gasteiger partial charge in [0.2, 0.25) is 10.0 Å². The first-order chi connectivity index (χ1) is 13.9. The van der Waals surface area contributed by atoms with Gasteiger partial charge >= 0.3 is 0 Å². The number of amides is 1. The molecule has 0 aromatic heterocycles. The Morgan fingerprint density at radius 1 is 1.07 bits per heavy atom. The highest BCUT2D eigenvalue weighted by Gasteiger charge is 2.26. The Labute approximate surface area is 171 Å². The molecule has 0 radical (unpaired) electrons. The maximum absolute atomic E-state index is 12.8. The van der Waals surface area contributed by atoms with Gasteiger partial charge in [-0.2, -0.15) is 9.41 Å². The van der Waals surface area contributed by atoms with Gasteiger partial charge in [0.15, 0.2) is 0 Å². The highest BCUT2D eigenvalue weighted by molar-refractivity contribution is 7.89. The van der Waals surface area contributed by atoms with E-state index in [-0.39, 0.29) is 16.2 Å². The third-order valence-electron chi connectivity index (χ3n) is 4.88. The van der Waals surface area contributed by atoms with Crippen molar-refractivity contribution in [3.05, 3.63) is 59.7 Å². The first-order valence-electron chi connectivity index (χ1n) is 9.68. The molecule has 1 fully saturated rings. The molecule has 0 saturated carbocycles. The lowest BCUT2D eigenvalue weighted by Gasteiger charge is -2.25. The van der Waals surface area contributed by atoms with Gasteiger partial charge in [-0.15, -0.1) is 0 Å². The zero-order chi connectivity index (χ0) is 20.9. The fourth-order valence-corrected chi connectivity index (χ4v) is 4.80. The molecule has 0 aliphatic carbocycles. The molecule has 0 bridgehead atoms. The number of phenolic OH excluding ortho intramolecular Hbond substituents is 1. The molecule has 2 aromatic carbocycles. The number of nitrogens with one attached hydrogen (secondary N) is 1. The van der Waals surface area contributed by atoms with Gasteiger partial charge in [0.1, 0.15) is 5.75 Å². The van der Waals surface area contributed by atoms with E-state index >= 15 is 0 Å². The summed E-state index contributed by atoms with van der Waals surface area (Å²) in [5.74, 6) is -0.328. The number of carbonyl (C=O) groups excluding carboxylic acids is 1. The second kappa shape index (κ2) is 9.19. The predicted octanol–water partition coefficient (Wildman–Crippen LogP) is 3.11. The Hall–Kier alpha value is -2.71. The Morgan fingerprint density at radius 2 is 1.76 bits per heavy atom. The standard InChI is InChI=1S/C21H25N3O4S/c1-2-20(16-9-11-18(25)12-10-16)22-23-21(26)17-7-6-8-19(15-17)29(27,28)24-13-4-3-5-14-24/h6-12,15,25H,2-5,13-14H2,1H3,(H,23,26)/b22-20+. The minimum absolute atomic E-state index is 0.116. The number of hydrogen-bond donors (Lipinski definition) is 2. The first-order valence-corrected chi connectivity index (χ1v) is 11.1. The van der Waals surface area contributed by atoms with E-state index in [1.807, 2.05) is 6.92 Å². The summed E-state index contributed by atoms with van der Waals surface area (Å²) in [6.07, 6.45) is 3.32. The van der Waals surface area contributed by atoms with Crippen LogP contribution in [0.4, 0.5) is 0 Å². The molecule has 2 aromatic rings. The Balaban J connectivity index is 1.77. The van der Waals surface area contributed by atoms with Crippen LogP contribution in [0.5, 0.6) is 5.75 Å². The fraction of sp³-hybridized carbons (Fsp3) is 0.333. The number of hydrogen-bond acceptors (Lipinski definition) is 5. The molecule has 0 atom stereocenters. The molecule has 1 aliphatic heterocycles. The summed E-state index contributed by atoms with van der Waals surface area (Å²) < 4.78 is 27.1. The van der Waals surface area contributed by atoms with E-state index in [0.29, 0.717) is 25.2 Å². The molecule has 8 heteroatoms. The summed E-state index contributed by atoms with van der Waals surface area (Å²) in [4.78, 5) is 12.7. The molecule has 1 heterocycles. The lowest BCUT2D eigenvalue weighted by Crippen LogP contribution is -2.35. The topological polar surface area (TPSA) is 99.1 Å². The molecule has 1 aliphatic rings. The van der Waals surface area contributed by atoms with Crippen molar-refractivity contribution in [1.29, 1.82) is 0 Å². The number of rotatable bonds is 6. The molecule has 2 N–H and O–H groups in total. The van der Waals surface area contributed by atoms with Crippen molar-refractivity contribution in [2.24, 2.45) is 5.10 Å². The Morgan fingerprint density at radius 3 is 2.41 bits per heavy atom. The number of hydrazone groups is 1. The molecule has 1 saturated heterocycles. The molecular formula is C21H25N3O4S. The predicted molar refractivity (Wildman–Crippen MR) is 111 cm³/mol. The monoisotopic (exact) mass is 415 g/mol. The third kappa shape index (κ3) is 5.02. The molecule has 1 amide bonds. The van der Waals surface area contributed by atoms with Gasteiger partial charge in [-0.1, -0.05) is 19.4 Å². The van der Waals surface area contributed by atoms with Crippen LogP contribution < -0.4 is 5.43 Å². The van der Waals surface area contributed by atoms with Crippen molar-refractivity contribution in [1.82, 2.24) is 9.73 Å². The van der Waals surface area contributed by atoms with Gasteiger partial charge in [0, 0.05) is 18.7 Å². The Kier molecular flexibility index (Phi) is 6.66. The van der Waals surface area contributed by atoms with Gasteiger partial charge < -0.3 is 5.11 Å². The molecule has 154 valence electrons. The number of carbonyl (C=O) groups is 1. The molecule has 0 spiro atoms. The summed E-state index contributed by atoms with van der Waals surface area (Å²) in [5, 5.41) is 13.6. The van der Waals surface area contributed by atoms with E-state index in [1.54, 1.807) is 36.4 Å². The minimum Gasteiger partial charge on any atom is -0.508 e. The number of sulfonamides is 1. The van der Waals surface area contributed by atoms with E-state index in [1.165, 1.54) is 16.4 Å². The summed E-state index contributed by atoms with van der Waals surface area (Å²) in [6.45, 7) is 2.93. The zero-order valence-electron chi connectivity index (χ0n) is 16.3. The Bertz CT molecular complexity index is 995. The van der Waals surface area contributed by atoms with E-state index < -0.39 is 15.9 Å². The van der Waals surface area contributed by atoms with Crippen LogP contribution in [0.2, 0.25) is 0 Å². The average molecular weight is 416 g/mol. The minimum atomic E-state index is -3.61. The fourth-order valence-electron chi connectivity index (χ4n) is 3.24. The van der Waals surface area contributed by atoms with Crippen LogP contribution in [-0.2, 0) is 10.0 Å². The summed E-state index contributed by atoms with van der Waals surface area (Å²) in [5.41, 5.74) is 4.16. The van der Waals surface area contributed by atoms with Crippen LogP contribution in [0.3, 0.4) is 0 Å². The van der Waals surface area contributed by atoms with Crippen LogP contribution >= 0.6 is 0 Å². The second-order valence-electron chi connectivity index (χ2n) is 6.89. The zero-order valence-corrected chi connectivity index (χ0v) is 17.2. The van der Waals surface area contributed by atoms with Gasteiger partial charge in [0.25, 0.3) is 5.91 Å².